The Morgan fingerprint density at radius 1 is 1.33 bits per heavy atom. The van der Waals surface area contributed by atoms with Crippen LogP contribution in [0.1, 0.15) is 29.3 Å². The number of amides is 1. The lowest BCUT2D eigenvalue weighted by atomic mass is 9.87. The fraction of sp³-hybridized carbons (Fsp3) is 0.381. The average molecular weight is 388 g/mol. The third-order valence-electron chi connectivity index (χ3n) is 5.25. The van der Waals surface area contributed by atoms with Gasteiger partial charge in [0.1, 0.15) is 5.75 Å². The summed E-state index contributed by atoms with van der Waals surface area (Å²) in [5, 5.41) is 10.2. The molecular weight excluding hydrogens is 362 g/mol. The number of nitrogens with one attached hydrogen (secondary N) is 3. The first-order valence-corrected chi connectivity index (χ1v) is 9.50. The molecule has 1 aliphatic heterocycles. The second kappa shape index (κ2) is 8.19. The summed E-state index contributed by atoms with van der Waals surface area (Å²) < 4.78 is 5.40. The van der Waals surface area contributed by atoms with E-state index in [0.717, 1.165) is 25.1 Å². The van der Waals surface area contributed by atoms with Gasteiger partial charge < -0.3 is 20.7 Å². The highest BCUT2D eigenvalue weighted by atomic mass is 35.5. The maximum atomic E-state index is 13.0. The lowest BCUT2D eigenvalue weighted by Gasteiger charge is -2.32. The lowest BCUT2D eigenvalue weighted by molar-refractivity contribution is 0.0917. The fourth-order valence-electron chi connectivity index (χ4n) is 3.71. The monoisotopic (exact) mass is 387 g/mol. The predicted octanol–water partition coefficient (Wildman–Crippen LogP) is 3.48. The molecule has 27 heavy (non-hydrogen) atoms. The molecule has 1 aliphatic rings. The summed E-state index contributed by atoms with van der Waals surface area (Å²) in [6.07, 6.45) is 1.72. The number of hydrogen-bond acceptors (Lipinski definition) is 4. The van der Waals surface area contributed by atoms with Gasteiger partial charge in [-0.2, -0.15) is 0 Å². The van der Waals surface area contributed by atoms with Gasteiger partial charge in [0.05, 0.1) is 23.4 Å². The van der Waals surface area contributed by atoms with Gasteiger partial charge in [-0.25, -0.2) is 0 Å². The van der Waals surface area contributed by atoms with Crippen LogP contribution in [0, 0.1) is 0 Å². The van der Waals surface area contributed by atoms with Crippen molar-refractivity contribution in [3.05, 3.63) is 58.6 Å². The largest absolute Gasteiger partial charge is 0.496 e. The molecule has 0 aliphatic carbocycles. The van der Waals surface area contributed by atoms with Crippen molar-refractivity contribution in [1.82, 2.24) is 10.6 Å². The van der Waals surface area contributed by atoms with Crippen LogP contribution in [0.3, 0.4) is 0 Å². The molecule has 1 heterocycles. The highest BCUT2D eigenvalue weighted by molar-refractivity contribution is 6.33. The van der Waals surface area contributed by atoms with Gasteiger partial charge >= 0.3 is 0 Å². The zero-order valence-electron chi connectivity index (χ0n) is 15.9. The number of hydrogen-bond donors (Lipinski definition) is 3. The summed E-state index contributed by atoms with van der Waals surface area (Å²) in [6, 6.07) is 13.7. The molecule has 0 saturated carbocycles. The minimum absolute atomic E-state index is 0.0117. The van der Waals surface area contributed by atoms with E-state index in [4.69, 9.17) is 16.3 Å². The van der Waals surface area contributed by atoms with E-state index in [2.05, 4.69) is 35.0 Å². The van der Waals surface area contributed by atoms with Gasteiger partial charge in [0.25, 0.3) is 5.91 Å². The number of carbonyl (C=O) groups is 1. The third-order valence-corrected chi connectivity index (χ3v) is 5.57. The van der Waals surface area contributed by atoms with Crippen molar-refractivity contribution in [2.45, 2.75) is 31.3 Å². The third kappa shape index (κ3) is 4.20. The maximum Gasteiger partial charge on any atom is 0.255 e. The Balaban J connectivity index is 1.80. The predicted molar refractivity (Wildman–Crippen MR) is 110 cm³/mol. The zero-order chi connectivity index (χ0) is 19.4. The molecule has 144 valence electrons. The van der Waals surface area contributed by atoms with E-state index in [-0.39, 0.29) is 17.5 Å². The van der Waals surface area contributed by atoms with Crippen LogP contribution < -0.4 is 20.7 Å². The van der Waals surface area contributed by atoms with E-state index in [9.17, 15) is 4.79 Å². The number of methoxy groups -OCH3 is 1. The number of anilines is 1. The second-order valence-corrected chi connectivity index (χ2v) is 7.51. The molecule has 1 amide bonds. The highest BCUT2D eigenvalue weighted by Crippen LogP contribution is 2.31. The van der Waals surface area contributed by atoms with Crippen LogP contribution in [0.2, 0.25) is 5.02 Å². The maximum absolute atomic E-state index is 13.0. The molecule has 1 fully saturated rings. The van der Waals surface area contributed by atoms with Crippen molar-refractivity contribution in [2.24, 2.45) is 0 Å². The van der Waals surface area contributed by atoms with Crippen LogP contribution in [0.25, 0.3) is 0 Å². The van der Waals surface area contributed by atoms with Gasteiger partial charge in [-0.15, -0.1) is 0 Å². The Morgan fingerprint density at radius 2 is 2.07 bits per heavy atom. The second-order valence-electron chi connectivity index (χ2n) is 7.10. The molecule has 0 aromatic heterocycles. The molecule has 3 N–H and O–H groups in total. The Morgan fingerprint density at radius 3 is 2.74 bits per heavy atom. The lowest BCUT2D eigenvalue weighted by Crippen LogP contribution is -2.54. The van der Waals surface area contributed by atoms with E-state index >= 15 is 0 Å². The molecule has 6 heteroatoms. The van der Waals surface area contributed by atoms with E-state index < -0.39 is 0 Å². The van der Waals surface area contributed by atoms with Crippen molar-refractivity contribution in [3.8, 4) is 5.75 Å². The average Bonchev–Trinajstić information content (AvgIpc) is 3.02. The molecule has 0 spiro atoms. The molecule has 5 nitrogen and oxygen atoms in total. The molecule has 1 saturated heterocycles. The zero-order valence-corrected chi connectivity index (χ0v) is 16.7. The number of benzene rings is 2. The van der Waals surface area contributed by atoms with E-state index in [1.54, 1.807) is 26.3 Å². The summed E-state index contributed by atoms with van der Waals surface area (Å²) in [5.74, 6) is 0.321. The molecule has 3 rings (SSSR count). The normalized spacial score (nSPS) is 21.7. The van der Waals surface area contributed by atoms with Gasteiger partial charge in [-0.05, 0) is 37.9 Å². The van der Waals surface area contributed by atoms with Crippen molar-refractivity contribution >= 4 is 23.2 Å². The summed E-state index contributed by atoms with van der Waals surface area (Å²) in [5.41, 5.74) is 2.20. The minimum atomic E-state index is -0.209. The minimum Gasteiger partial charge on any atom is -0.496 e. The molecule has 0 bridgehead atoms. The fourth-order valence-corrected chi connectivity index (χ4v) is 3.97. The van der Waals surface area contributed by atoms with E-state index in [0.29, 0.717) is 16.3 Å². The summed E-state index contributed by atoms with van der Waals surface area (Å²) in [4.78, 5) is 13.0. The van der Waals surface area contributed by atoms with Crippen molar-refractivity contribution < 1.29 is 9.53 Å². The van der Waals surface area contributed by atoms with Crippen molar-refractivity contribution in [1.29, 1.82) is 0 Å². The first-order valence-electron chi connectivity index (χ1n) is 9.12. The number of ether oxygens (including phenoxy) is 1. The molecule has 2 atom stereocenters. The SMILES string of the molecule is CNc1cc(OC)c(C(=O)NC2CCNC2(C)Cc2ccccc2)cc1Cl. The summed E-state index contributed by atoms with van der Waals surface area (Å²) in [6.45, 7) is 3.02. The van der Waals surface area contributed by atoms with Crippen LogP contribution >= 0.6 is 11.6 Å². The first-order chi connectivity index (χ1) is 13.0. The van der Waals surface area contributed by atoms with Gasteiger partial charge in [0.2, 0.25) is 0 Å². The number of rotatable bonds is 6. The molecule has 2 aromatic carbocycles. The van der Waals surface area contributed by atoms with Crippen LogP contribution in [0.15, 0.2) is 42.5 Å². The quantitative estimate of drug-likeness (QED) is 0.710. The van der Waals surface area contributed by atoms with Crippen molar-refractivity contribution in [2.75, 3.05) is 26.0 Å². The van der Waals surface area contributed by atoms with Crippen LogP contribution in [-0.2, 0) is 6.42 Å². The molecular formula is C21H26ClN3O2. The van der Waals surface area contributed by atoms with Crippen molar-refractivity contribution in [3.63, 3.8) is 0 Å². The van der Waals surface area contributed by atoms with Crippen LogP contribution in [0.5, 0.6) is 5.75 Å². The topological polar surface area (TPSA) is 62.4 Å². The Bertz CT molecular complexity index is 813. The van der Waals surface area contributed by atoms with Crippen LogP contribution in [-0.4, -0.2) is 38.2 Å². The highest BCUT2D eigenvalue weighted by Gasteiger charge is 2.39. The summed E-state index contributed by atoms with van der Waals surface area (Å²) >= 11 is 6.27. The smallest absolute Gasteiger partial charge is 0.255 e. The van der Waals surface area contributed by atoms with E-state index in [1.807, 2.05) is 18.2 Å². The van der Waals surface area contributed by atoms with Gasteiger partial charge in [0, 0.05) is 24.7 Å². The number of carbonyl (C=O) groups excluding carboxylic acids is 1. The summed E-state index contributed by atoms with van der Waals surface area (Å²) in [7, 11) is 3.33. The van der Waals surface area contributed by atoms with E-state index in [1.165, 1.54) is 5.56 Å². The van der Waals surface area contributed by atoms with Gasteiger partial charge in [-0.1, -0.05) is 41.9 Å². The van der Waals surface area contributed by atoms with Gasteiger partial charge in [0.15, 0.2) is 0 Å². The molecule has 2 unspecified atom stereocenters. The van der Waals surface area contributed by atoms with Crippen LogP contribution in [0.4, 0.5) is 5.69 Å². The Hall–Kier alpha value is -2.24. The number of halogens is 1. The standard InChI is InChI=1S/C21H26ClN3O2/c1-21(13-14-7-5-4-6-8-14)19(9-10-24-21)25-20(26)15-11-16(22)17(23-2)12-18(15)27-3/h4-8,11-12,19,23-24H,9-10,13H2,1-3H3,(H,25,26). The Kier molecular flexibility index (Phi) is 5.92. The van der Waals surface area contributed by atoms with Gasteiger partial charge in [-0.3, -0.25) is 4.79 Å². The molecule has 0 radical (unpaired) electrons. The Labute approximate surface area is 165 Å². The molecule has 2 aromatic rings. The first kappa shape index (κ1) is 19.5.